The molecule has 3 aromatic heterocycles. The zero-order valence-corrected chi connectivity index (χ0v) is 21.6. The lowest BCUT2D eigenvalue weighted by atomic mass is 9.73. The van der Waals surface area contributed by atoms with Crippen LogP contribution in [-0.4, -0.2) is 37.5 Å². The van der Waals surface area contributed by atoms with Gasteiger partial charge in [-0.1, -0.05) is 35.9 Å². The number of pyridine rings is 1. The predicted octanol–water partition coefficient (Wildman–Crippen LogP) is 4.82. The van der Waals surface area contributed by atoms with Gasteiger partial charge in [0.25, 0.3) is 0 Å². The lowest BCUT2D eigenvalue weighted by Crippen LogP contribution is -2.45. The standard InChI is InChI=1S/C28H31ClN6O/c1-17-21(20-8-11-31-24(22(20)29)27(2,3)36)25-32-12-15-35(25)26(33-17)34-13-9-28(10-14-34)16-18-6-4-5-7-19(18)23(28)30/h4-8,11-12,15,23,36H,9-10,13-14,16,30H2,1-3H3/t23-/m1/s1. The fraction of sp³-hybridized carbons (Fsp3) is 0.393. The number of fused-ring (bicyclic) bond motifs is 2. The van der Waals surface area contributed by atoms with Gasteiger partial charge in [0.2, 0.25) is 5.95 Å². The average Bonchev–Trinajstić information content (AvgIpc) is 3.43. The van der Waals surface area contributed by atoms with Crippen LogP contribution in [0.3, 0.4) is 0 Å². The van der Waals surface area contributed by atoms with Crippen molar-refractivity contribution in [1.29, 1.82) is 0 Å². The van der Waals surface area contributed by atoms with Crippen LogP contribution in [0.2, 0.25) is 5.02 Å². The summed E-state index contributed by atoms with van der Waals surface area (Å²) in [5.41, 5.74) is 12.1. The molecule has 0 radical (unpaired) electrons. The van der Waals surface area contributed by atoms with E-state index in [9.17, 15) is 5.11 Å². The summed E-state index contributed by atoms with van der Waals surface area (Å²) in [6, 6.07) is 10.6. The van der Waals surface area contributed by atoms with E-state index in [1.54, 1.807) is 26.2 Å². The van der Waals surface area contributed by atoms with Crippen molar-refractivity contribution in [3.63, 3.8) is 0 Å². The second kappa shape index (κ2) is 8.26. The zero-order valence-electron chi connectivity index (χ0n) is 20.9. The van der Waals surface area contributed by atoms with Crippen LogP contribution in [0.15, 0.2) is 48.9 Å². The van der Waals surface area contributed by atoms with Gasteiger partial charge >= 0.3 is 0 Å². The van der Waals surface area contributed by atoms with Crippen LogP contribution < -0.4 is 10.6 Å². The summed E-state index contributed by atoms with van der Waals surface area (Å²) in [4.78, 5) is 16.4. The summed E-state index contributed by atoms with van der Waals surface area (Å²) in [5, 5.41) is 11.0. The molecule has 0 saturated carbocycles. The van der Waals surface area contributed by atoms with Gasteiger partial charge in [0.05, 0.1) is 16.4 Å². The van der Waals surface area contributed by atoms with E-state index >= 15 is 0 Å². The molecule has 1 spiro atoms. The molecule has 0 unspecified atom stereocenters. The Hall–Kier alpha value is -3.00. The predicted molar refractivity (Wildman–Crippen MR) is 142 cm³/mol. The Bertz CT molecular complexity index is 1460. The maximum Gasteiger partial charge on any atom is 0.211 e. The molecule has 0 bridgehead atoms. The number of hydrogen-bond donors (Lipinski definition) is 2. The molecule has 2 aliphatic rings. The summed E-state index contributed by atoms with van der Waals surface area (Å²) in [5.74, 6) is 0.885. The molecule has 1 saturated heterocycles. The van der Waals surface area contributed by atoms with Crippen molar-refractivity contribution in [2.75, 3.05) is 18.0 Å². The number of nitrogens with zero attached hydrogens (tertiary/aromatic N) is 5. The largest absolute Gasteiger partial charge is 0.384 e. The van der Waals surface area contributed by atoms with Crippen LogP contribution in [0, 0.1) is 12.3 Å². The van der Waals surface area contributed by atoms with Gasteiger partial charge in [0, 0.05) is 48.8 Å². The van der Waals surface area contributed by atoms with Gasteiger partial charge in [-0.25, -0.2) is 9.97 Å². The summed E-state index contributed by atoms with van der Waals surface area (Å²) in [6.07, 6.45) is 8.51. The number of halogens is 1. The molecule has 1 atom stereocenters. The Morgan fingerprint density at radius 2 is 1.86 bits per heavy atom. The minimum Gasteiger partial charge on any atom is -0.384 e. The number of rotatable bonds is 3. The minimum atomic E-state index is -1.16. The zero-order chi connectivity index (χ0) is 25.2. The normalized spacial score (nSPS) is 19.3. The molecular weight excluding hydrogens is 472 g/mol. The first kappa shape index (κ1) is 23.4. The molecule has 3 N–H and O–H groups in total. The molecule has 1 aliphatic heterocycles. The van der Waals surface area contributed by atoms with E-state index in [0.717, 1.165) is 60.8 Å². The Morgan fingerprint density at radius 3 is 2.58 bits per heavy atom. The highest BCUT2D eigenvalue weighted by atomic mass is 35.5. The molecule has 1 fully saturated rings. The van der Waals surface area contributed by atoms with Crippen molar-refractivity contribution in [3.8, 4) is 11.1 Å². The first-order valence-electron chi connectivity index (χ1n) is 12.5. The Morgan fingerprint density at radius 1 is 1.11 bits per heavy atom. The number of anilines is 1. The van der Waals surface area contributed by atoms with E-state index in [0.29, 0.717) is 10.7 Å². The van der Waals surface area contributed by atoms with E-state index < -0.39 is 5.60 Å². The smallest absolute Gasteiger partial charge is 0.211 e. The lowest BCUT2D eigenvalue weighted by Gasteiger charge is -2.42. The van der Waals surface area contributed by atoms with Crippen LogP contribution >= 0.6 is 11.6 Å². The highest BCUT2D eigenvalue weighted by Crippen LogP contribution is 2.51. The van der Waals surface area contributed by atoms with Gasteiger partial charge in [-0.2, -0.15) is 0 Å². The number of benzene rings is 1. The fourth-order valence-corrected chi connectivity index (χ4v) is 6.57. The number of piperidine rings is 1. The molecule has 6 rings (SSSR count). The molecule has 4 aromatic rings. The number of nitrogens with two attached hydrogens (primary N) is 1. The third-order valence-corrected chi connectivity index (χ3v) is 8.46. The van der Waals surface area contributed by atoms with Gasteiger partial charge < -0.3 is 15.7 Å². The minimum absolute atomic E-state index is 0.0833. The topological polar surface area (TPSA) is 92.6 Å². The van der Waals surface area contributed by atoms with Gasteiger partial charge in [-0.3, -0.25) is 9.38 Å². The maximum absolute atomic E-state index is 10.6. The number of aliphatic hydroxyl groups is 1. The first-order valence-corrected chi connectivity index (χ1v) is 12.9. The van der Waals surface area contributed by atoms with E-state index in [1.807, 2.05) is 23.6 Å². The molecule has 1 aliphatic carbocycles. The molecule has 186 valence electrons. The highest BCUT2D eigenvalue weighted by Gasteiger charge is 2.46. The van der Waals surface area contributed by atoms with Crippen molar-refractivity contribution < 1.29 is 5.11 Å². The number of aromatic nitrogens is 4. The van der Waals surface area contributed by atoms with Crippen LogP contribution in [0.25, 0.3) is 16.8 Å². The van der Waals surface area contributed by atoms with E-state index in [1.165, 1.54) is 11.1 Å². The molecule has 1 aromatic carbocycles. The fourth-order valence-electron chi connectivity index (χ4n) is 6.13. The molecule has 36 heavy (non-hydrogen) atoms. The van der Waals surface area contributed by atoms with Crippen molar-refractivity contribution in [2.45, 2.75) is 51.7 Å². The SMILES string of the molecule is Cc1nc(N2CCC3(CC2)Cc2ccccc2[C@H]3N)n2ccnc2c1-c1ccnc(C(C)(C)O)c1Cl. The summed E-state index contributed by atoms with van der Waals surface area (Å²) in [6.45, 7) is 7.13. The van der Waals surface area contributed by atoms with Crippen molar-refractivity contribution in [2.24, 2.45) is 11.1 Å². The molecular formula is C28H31ClN6O. The summed E-state index contributed by atoms with van der Waals surface area (Å²) < 4.78 is 2.05. The number of imidazole rings is 1. The number of hydrogen-bond acceptors (Lipinski definition) is 6. The Kier molecular flexibility index (Phi) is 5.37. The van der Waals surface area contributed by atoms with Crippen molar-refractivity contribution in [1.82, 2.24) is 19.4 Å². The second-order valence-electron chi connectivity index (χ2n) is 10.8. The van der Waals surface area contributed by atoms with Crippen LogP contribution in [-0.2, 0) is 12.0 Å². The quantitative estimate of drug-likeness (QED) is 0.417. The van der Waals surface area contributed by atoms with E-state index in [-0.39, 0.29) is 11.5 Å². The molecule has 0 amide bonds. The highest BCUT2D eigenvalue weighted by molar-refractivity contribution is 6.34. The Labute approximate surface area is 216 Å². The molecule has 4 heterocycles. The molecule has 7 nitrogen and oxygen atoms in total. The van der Waals surface area contributed by atoms with Crippen LogP contribution in [0.4, 0.5) is 5.95 Å². The van der Waals surface area contributed by atoms with Gasteiger partial charge in [0.1, 0.15) is 11.2 Å². The van der Waals surface area contributed by atoms with Crippen LogP contribution in [0.1, 0.15) is 55.2 Å². The number of aryl methyl sites for hydroxylation is 1. The van der Waals surface area contributed by atoms with Gasteiger partial charge in [-0.15, -0.1) is 0 Å². The molecule has 8 heteroatoms. The third kappa shape index (κ3) is 3.52. The summed E-state index contributed by atoms with van der Waals surface area (Å²) in [7, 11) is 0. The second-order valence-corrected chi connectivity index (χ2v) is 11.2. The third-order valence-electron chi connectivity index (χ3n) is 8.08. The van der Waals surface area contributed by atoms with Gasteiger partial charge in [-0.05, 0) is 62.6 Å². The lowest BCUT2D eigenvalue weighted by molar-refractivity contribution is 0.0740. The van der Waals surface area contributed by atoms with E-state index in [4.69, 9.17) is 22.3 Å². The van der Waals surface area contributed by atoms with Gasteiger partial charge in [0.15, 0.2) is 0 Å². The van der Waals surface area contributed by atoms with Crippen molar-refractivity contribution >= 4 is 23.2 Å². The monoisotopic (exact) mass is 502 g/mol. The van der Waals surface area contributed by atoms with E-state index in [2.05, 4.69) is 39.1 Å². The van der Waals surface area contributed by atoms with Crippen LogP contribution in [0.5, 0.6) is 0 Å². The maximum atomic E-state index is 10.6. The van der Waals surface area contributed by atoms with Crippen molar-refractivity contribution in [3.05, 3.63) is 76.5 Å². The average molecular weight is 503 g/mol. The Balaban J connectivity index is 1.35. The summed E-state index contributed by atoms with van der Waals surface area (Å²) >= 11 is 6.77. The first-order chi connectivity index (χ1) is 17.2.